The summed E-state index contributed by atoms with van der Waals surface area (Å²) < 4.78 is 0. The summed E-state index contributed by atoms with van der Waals surface area (Å²) in [5, 5.41) is 11.2. The second-order valence-corrected chi connectivity index (χ2v) is 10.1. The number of anilines is 1. The highest BCUT2D eigenvalue weighted by Crippen LogP contribution is 2.18. The van der Waals surface area contributed by atoms with Gasteiger partial charge in [0.2, 0.25) is 17.7 Å². The maximum absolute atomic E-state index is 12.9. The van der Waals surface area contributed by atoms with Crippen molar-refractivity contribution >= 4 is 46.0 Å². The molecule has 0 spiro atoms. The van der Waals surface area contributed by atoms with E-state index in [0.29, 0.717) is 16.6 Å². The van der Waals surface area contributed by atoms with Crippen LogP contribution in [0.4, 0.5) is 5.69 Å². The third-order valence-electron chi connectivity index (χ3n) is 5.57. The van der Waals surface area contributed by atoms with Crippen LogP contribution in [0, 0.1) is 0 Å². The lowest BCUT2D eigenvalue weighted by atomic mass is 10.0. The molecule has 2 atom stereocenters. The molecule has 4 amide bonds. The minimum atomic E-state index is -0.983. The average Bonchev–Trinajstić information content (AvgIpc) is 3.26. The molecule has 0 aliphatic rings. The molecule has 38 heavy (non-hydrogen) atoms. The molecule has 2 aromatic carbocycles. The summed E-state index contributed by atoms with van der Waals surface area (Å²) in [4.78, 5) is 66.6. The van der Waals surface area contributed by atoms with E-state index >= 15 is 0 Å². The van der Waals surface area contributed by atoms with E-state index in [4.69, 9.17) is 0 Å². The number of nitrogens with one attached hydrogen (secondary N) is 5. The van der Waals surface area contributed by atoms with Crippen LogP contribution in [-0.2, 0) is 19.2 Å². The summed E-state index contributed by atoms with van der Waals surface area (Å²) in [7, 11) is 0. The van der Waals surface area contributed by atoms with Gasteiger partial charge in [0.15, 0.2) is 0 Å². The van der Waals surface area contributed by atoms with Crippen molar-refractivity contribution in [3.63, 3.8) is 0 Å². The quantitative estimate of drug-likeness (QED) is 0.206. The molecule has 1 heterocycles. The van der Waals surface area contributed by atoms with Crippen LogP contribution >= 0.6 is 0 Å². The Hall–Kier alpha value is -4.47. The predicted molar refractivity (Wildman–Crippen MR) is 144 cm³/mol. The molecule has 3 aromatic rings. The number of fused-ring (bicyclic) bond motifs is 1. The molecule has 0 aliphatic carbocycles. The Morgan fingerprint density at radius 3 is 2.16 bits per heavy atom. The van der Waals surface area contributed by atoms with Gasteiger partial charge in [0.1, 0.15) is 6.04 Å². The Bertz CT molecular complexity index is 1330. The second-order valence-electron chi connectivity index (χ2n) is 10.1. The van der Waals surface area contributed by atoms with Gasteiger partial charge in [0.05, 0.1) is 5.56 Å². The smallest absolute Gasteiger partial charge is 0.292 e. The van der Waals surface area contributed by atoms with Crippen LogP contribution in [-0.4, -0.2) is 52.0 Å². The monoisotopic (exact) mass is 519 g/mol. The number of hydrogen-bond acceptors (Lipinski definition) is 5. The highest BCUT2D eigenvalue weighted by atomic mass is 16.2. The van der Waals surface area contributed by atoms with Crippen LogP contribution in [0.2, 0.25) is 0 Å². The minimum Gasteiger partial charge on any atom is -0.360 e. The molecule has 0 bridgehead atoms. The summed E-state index contributed by atoms with van der Waals surface area (Å²) >= 11 is 0. The molecule has 10 nitrogen and oxygen atoms in total. The number of benzene rings is 2. The third kappa shape index (κ3) is 8.02. The summed E-state index contributed by atoms with van der Waals surface area (Å²) in [5.74, 6) is -3.12. The topological polar surface area (TPSA) is 149 Å². The van der Waals surface area contributed by atoms with E-state index in [-0.39, 0.29) is 18.4 Å². The lowest BCUT2D eigenvalue weighted by Crippen LogP contribution is -2.49. The Morgan fingerprint density at radius 2 is 1.47 bits per heavy atom. The highest BCUT2D eigenvalue weighted by Gasteiger charge is 2.27. The molecule has 1 aromatic heterocycles. The maximum Gasteiger partial charge on any atom is 0.292 e. The van der Waals surface area contributed by atoms with Gasteiger partial charge in [-0.1, -0.05) is 36.4 Å². The lowest BCUT2D eigenvalue weighted by molar-refractivity contribution is -0.127. The summed E-state index contributed by atoms with van der Waals surface area (Å²) in [5.41, 5.74) is 0.939. The zero-order valence-electron chi connectivity index (χ0n) is 21.9. The van der Waals surface area contributed by atoms with E-state index in [1.807, 2.05) is 6.07 Å². The fraction of sp³-hybridized carbons (Fsp3) is 0.321. The molecule has 5 N–H and O–H groups in total. The molecule has 0 saturated carbocycles. The molecule has 0 radical (unpaired) electrons. The standard InChI is InChI=1S/C28H33N5O5/c1-17(26(37)31-18-10-6-5-7-11-18)30-23(34)14-19(15-24(35)33-28(2,3)4)32-27(38)25(36)21-16-29-22-13-9-8-12-20(21)22/h5-13,16-17,19,29H,14-15H2,1-4H3,(H,30,34)(H,31,37)(H,32,38)(H,33,35)/t17-,19+/m0/s1. The van der Waals surface area contributed by atoms with Crippen LogP contribution < -0.4 is 21.3 Å². The molecule has 0 fully saturated rings. The van der Waals surface area contributed by atoms with Gasteiger partial charge >= 0.3 is 0 Å². The molecule has 0 aliphatic heterocycles. The van der Waals surface area contributed by atoms with Crippen molar-refractivity contribution < 1.29 is 24.0 Å². The zero-order valence-corrected chi connectivity index (χ0v) is 21.9. The number of Topliss-reactive ketones (excluding diaryl/α,β-unsaturated/α-hetero) is 1. The Labute approximate surface area is 220 Å². The first-order valence-electron chi connectivity index (χ1n) is 12.3. The molecule has 200 valence electrons. The van der Waals surface area contributed by atoms with Crippen molar-refractivity contribution in [2.75, 3.05) is 5.32 Å². The molecule has 10 heteroatoms. The largest absolute Gasteiger partial charge is 0.360 e. The van der Waals surface area contributed by atoms with E-state index in [0.717, 1.165) is 0 Å². The normalized spacial score (nSPS) is 12.7. The van der Waals surface area contributed by atoms with Crippen LogP contribution in [0.5, 0.6) is 0 Å². The number of carbonyl (C=O) groups excluding carboxylic acids is 5. The number of aromatic nitrogens is 1. The number of aromatic amines is 1. The number of hydrogen-bond donors (Lipinski definition) is 5. The van der Waals surface area contributed by atoms with Gasteiger partial charge in [-0.05, 0) is 45.9 Å². The van der Waals surface area contributed by atoms with E-state index in [1.54, 1.807) is 69.3 Å². The number of ketones is 1. The number of carbonyl (C=O) groups is 5. The highest BCUT2D eigenvalue weighted by molar-refractivity contribution is 6.45. The number of amides is 4. The van der Waals surface area contributed by atoms with Crippen LogP contribution in [0.25, 0.3) is 10.9 Å². The predicted octanol–water partition coefficient (Wildman–Crippen LogP) is 2.67. The van der Waals surface area contributed by atoms with Gasteiger partial charge in [-0.2, -0.15) is 0 Å². The van der Waals surface area contributed by atoms with E-state index in [1.165, 1.54) is 13.1 Å². The zero-order chi connectivity index (χ0) is 27.9. The second kappa shape index (κ2) is 12.2. The maximum atomic E-state index is 12.9. The first kappa shape index (κ1) is 28.1. The first-order chi connectivity index (χ1) is 17.9. The number of para-hydroxylation sites is 2. The van der Waals surface area contributed by atoms with Crippen molar-refractivity contribution in [1.29, 1.82) is 0 Å². The van der Waals surface area contributed by atoms with Gasteiger partial charge in [0.25, 0.3) is 11.7 Å². The van der Waals surface area contributed by atoms with E-state index in [9.17, 15) is 24.0 Å². The van der Waals surface area contributed by atoms with Crippen LogP contribution in [0.3, 0.4) is 0 Å². The molecule has 0 unspecified atom stereocenters. The summed E-state index contributed by atoms with van der Waals surface area (Å²) in [6, 6.07) is 14.0. The Balaban J connectivity index is 1.67. The molecule has 3 rings (SSSR count). The lowest BCUT2D eigenvalue weighted by Gasteiger charge is -2.24. The molecular formula is C28H33N5O5. The van der Waals surface area contributed by atoms with E-state index < -0.39 is 47.0 Å². The van der Waals surface area contributed by atoms with Gasteiger partial charge < -0.3 is 26.3 Å². The first-order valence-corrected chi connectivity index (χ1v) is 12.3. The van der Waals surface area contributed by atoms with Gasteiger partial charge in [0, 0.05) is 47.2 Å². The van der Waals surface area contributed by atoms with Gasteiger partial charge in [-0.15, -0.1) is 0 Å². The minimum absolute atomic E-state index is 0.187. The fourth-order valence-corrected chi connectivity index (χ4v) is 3.86. The number of H-pyrrole nitrogens is 1. The number of rotatable bonds is 10. The van der Waals surface area contributed by atoms with Crippen molar-refractivity contribution in [2.24, 2.45) is 0 Å². The third-order valence-corrected chi connectivity index (χ3v) is 5.57. The van der Waals surface area contributed by atoms with Crippen molar-refractivity contribution in [3.8, 4) is 0 Å². The van der Waals surface area contributed by atoms with Crippen molar-refractivity contribution in [3.05, 3.63) is 66.4 Å². The molecular weight excluding hydrogens is 486 g/mol. The van der Waals surface area contributed by atoms with Gasteiger partial charge in [-0.25, -0.2) is 0 Å². The summed E-state index contributed by atoms with van der Waals surface area (Å²) in [6.45, 7) is 6.94. The SMILES string of the molecule is C[C@H](NC(=O)C[C@H](CC(=O)NC(C)(C)C)NC(=O)C(=O)c1c[nH]c2ccccc12)C(=O)Nc1ccccc1. The van der Waals surface area contributed by atoms with Crippen LogP contribution in [0.1, 0.15) is 50.9 Å². The van der Waals surface area contributed by atoms with Crippen molar-refractivity contribution in [1.82, 2.24) is 20.9 Å². The van der Waals surface area contributed by atoms with Gasteiger partial charge in [-0.3, -0.25) is 24.0 Å². The van der Waals surface area contributed by atoms with Crippen LogP contribution in [0.15, 0.2) is 60.8 Å². The average molecular weight is 520 g/mol. The molecule has 0 saturated heterocycles. The van der Waals surface area contributed by atoms with Crippen molar-refractivity contribution in [2.45, 2.75) is 58.2 Å². The Morgan fingerprint density at radius 1 is 0.842 bits per heavy atom. The summed E-state index contributed by atoms with van der Waals surface area (Å²) in [6.07, 6.45) is 0.906. The van der Waals surface area contributed by atoms with E-state index in [2.05, 4.69) is 26.3 Å². The fourth-order valence-electron chi connectivity index (χ4n) is 3.86. The Kier molecular flexibility index (Phi) is 9.01.